The first-order valence-electron chi connectivity index (χ1n) is 7.22. The maximum absolute atomic E-state index is 12.4. The third-order valence-electron chi connectivity index (χ3n) is 3.63. The highest BCUT2D eigenvalue weighted by molar-refractivity contribution is 5.96. The van der Waals surface area contributed by atoms with E-state index in [2.05, 4.69) is 10.3 Å². The van der Waals surface area contributed by atoms with Gasteiger partial charge in [0.25, 0.3) is 5.56 Å². The highest BCUT2D eigenvalue weighted by atomic mass is 16.5. The van der Waals surface area contributed by atoms with Crippen LogP contribution in [0.25, 0.3) is 10.9 Å². The number of carbonyl (C=O) groups is 1. The first kappa shape index (κ1) is 15.7. The molecule has 122 valence electrons. The SMILES string of the molecule is COc1ccc(C(=O)Cn2nnc3ccccc3c2=O)cc1OC. The van der Waals surface area contributed by atoms with Crippen molar-refractivity contribution in [1.82, 2.24) is 15.0 Å². The minimum atomic E-state index is -0.352. The van der Waals surface area contributed by atoms with Gasteiger partial charge in [-0.05, 0) is 30.3 Å². The van der Waals surface area contributed by atoms with Crippen LogP contribution in [-0.2, 0) is 6.54 Å². The van der Waals surface area contributed by atoms with Crippen LogP contribution in [0.5, 0.6) is 11.5 Å². The molecular formula is C17H15N3O4. The van der Waals surface area contributed by atoms with Crippen LogP contribution in [0, 0.1) is 0 Å². The minimum absolute atomic E-state index is 0.202. The van der Waals surface area contributed by atoms with Gasteiger partial charge in [0.15, 0.2) is 17.3 Å². The van der Waals surface area contributed by atoms with Gasteiger partial charge in [-0.25, -0.2) is 4.68 Å². The molecule has 0 fully saturated rings. The lowest BCUT2D eigenvalue weighted by atomic mass is 10.1. The van der Waals surface area contributed by atoms with Gasteiger partial charge in [0.2, 0.25) is 0 Å². The summed E-state index contributed by atoms with van der Waals surface area (Å²) in [4.78, 5) is 24.8. The lowest BCUT2D eigenvalue weighted by Gasteiger charge is -2.09. The Kier molecular flexibility index (Phi) is 4.24. The molecule has 24 heavy (non-hydrogen) atoms. The van der Waals surface area contributed by atoms with E-state index in [9.17, 15) is 9.59 Å². The maximum Gasteiger partial charge on any atom is 0.278 e. The predicted octanol–water partition coefficient (Wildman–Crippen LogP) is 1.69. The Morgan fingerprint density at radius 2 is 1.83 bits per heavy atom. The molecule has 0 N–H and O–H groups in total. The summed E-state index contributed by atoms with van der Waals surface area (Å²) in [6.07, 6.45) is 0. The lowest BCUT2D eigenvalue weighted by molar-refractivity contribution is 0.0964. The van der Waals surface area contributed by atoms with Crippen LogP contribution in [0.4, 0.5) is 0 Å². The smallest absolute Gasteiger partial charge is 0.278 e. The lowest BCUT2D eigenvalue weighted by Crippen LogP contribution is -2.27. The van der Waals surface area contributed by atoms with E-state index in [4.69, 9.17) is 9.47 Å². The predicted molar refractivity (Wildman–Crippen MR) is 87.7 cm³/mol. The van der Waals surface area contributed by atoms with Crippen LogP contribution in [0.1, 0.15) is 10.4 Å². The van der Waals surface area contributed by atoms with Crippen molar-refractivity contribution < 1.29 is 14.3 Å². The Morgan fingerprint density at radius 1 is 1.08 bits per heavy atom. The van der Waals surface area contributed by atoms with Gasteiger partial charge in [-0.3, -0.25) is 9.59 Å². The van der Waals surface area contributed by atoms with E-state index in [1.54, 1.807) is 42.5 Å². The van der Waals surface area contributed by atoms with Crippen molar-refractivity contribution in [2.75, 3.05) is 14.2 Å². The number of Topliss-reactive ketones (excluding diaryl/α,β-unsaturated/α-hetero) is 1. The van der Waals surface area contributed by atoms with Crippen molar-refractivity contribution in [2.45, 2.75) is 6.54 Å². The van der Waals surface area contributed by atoms with Gasteiger partial charge in [-0.2, -0.15) is 0 Å². The fraction of sp³-hybridized carbons (Fsp3) is 0.176. The highest BCUT2D eigenvalue weighted by Crippen LogP contribution is 2.27. The average molecular weight is 325 g/mol. The van der Waals surface area contributed by atoms with Crippen LogP contribution < -0.4 is 15.0 Å². The molecule has 3 rings (SSSR count). The molecule has 0 aliphatic heterocycles. The third-order valence-corrected chi connectivity index (χ3v) is 3.63. The first-order valence-corrected chi connectivity index (χ1v) is 7.22. The van der Waals surface area contributed by atoms with Crippen LogP contribution in [0.2, 0.25) is 0 Å². The number of fused-ring (bicyclic) bond motifs is 1. The van der Waals surface area contributed by atoms with Gasteiger partial charge < -0.3 is 9.47 Å². The molecule has 0 amide bonds. The summed E-state index contributed by atoms with van der Waals surface area (Å²) in [6, 6.07) is 11.7. The van der Waals surface area contributed by atoms with Crippen molar-refractivity contribution >= 4 is 16.7 Å². The standard InChI is InChI=1S/C17H15N3O4/c1-23-15-8-7-11(9-16(15)24-2)14(21)10-20-17(22)12-5-3-4-6-13(12)18-19-20/h3-9H,10H2,1-2H3. The zero-order valence-corrected chi connectivity index (χ0v) is 13.2. The van der Waals surface area contributed by atoms with Crippen molar-refractivity contribution in [3.63, 3.8) is 0 Å². The Hall–Kier alpha value is -3.22. The molecule has 2 aromatic carbocycles. The fourth-order valence-corrected chi connectivity index (χ4v) is 2.36. The summed E-state index contributed by atoms with van der Waals surface area (Å²) in [5.41, 5.74) is 0.543. The summed E-state index contributed by atoms with van der Waals surface area (Å²) in [5.74, 6) is 0.694. The van der Waals surface area contributed by atoms with Crippen molar-refractivity contribution in [3.8, 4) is 11.5 Å². The monoisotopic (exact) mass is 325 g/mol. The second-order valence-corrected chi connectivity index (χ2v) is 5.06. The molecule has 0 atom stereocenters. The number of benzene rings is 2. The molecule has 0 unspecified atom stereocenters. The second-order valence-electron chi connectivity index (χ2n) is 5.06. The zero-order valence-electron chi connectivity index (χ0n) is 13.2. The molecule has 0 saturated carbocycles. The summed E-state index contributed by atoms with van der Waals surface area (Å²) in [5, 5.41) is 8.22. The van der Waals surface area contributed by atoms with E-state index < -0.39 is 0 Å². The number of methoxy groups -OCH3 is 2. The van der Waals surface area contributed by atoms with Gasteiger partial charge in [0.1, 0.15) is 12.1 Å². The van der Waals surface area contributed by atoms with E-state index in [0.717, 1.165) is 4.68 Å². The Morgan fingerprint density at radius 3 is 2.58 bits per heavy atom. The molecule has 1 aromatic heterocycles. The van der Waals surface area contributed by atoms with Crippen molar-refractivity contribution in [2.24, 2.45) is 0 Å². The van der Waals surface area contributed by atoms with Crippen molar-refractivity contribution in [3.05, 3.63) is 58.4 Å². The Labute approximate surface area is 137 Å². The molecule has 7 nitrogen and oxygen atoms in total. The maximum atomic E-state index is 12.4. The molecule has 0 bridgehead atoms. The van der Waals surface area contributed by atoms with E-state index in [-0.39, 0.29) is 17.9 Å². The van der Waals surface area contributed by atoms with E-state index in [1.807, 2.05) is 0 Å². The molecule has 0 radical (unpaired) electrons. The number of ether oxygens (including phenoxy) is 2. The van der Waals surface area contributed by atoms with Gasteiger partial charge in [-0.1, -0.05) is 17.3 Å². The molecular weight excluding hydrogens is 310 g/mol. The van der Waals surface area contributed by atoms with E-state index in [1.165, 1.54) is 14.2 Å². The number of rotatable bonds is 5. The number of aromatic nitrogens is 3. The molecule has 0 aliphatic carbocycles. The molecule has 0 saturated heterocycles. The van der Waals surface area contributed by atoms with Crippen LogP contribution in [0.3, 0.4) is 0 Å². The van der Waals surface area contributed by atoms with Gasteiger partial charge in [-0.15, -0.1) is 5.10 Å². The largest absolute Gasteiger partial charge is 0.493 e. The molecule has 3 aromatic rings. The molecule has 0 spiro atoms. The average Bonchev–Trinajstić information content (AvgIpc) is 2.63. The third kappa shape index (κ3) is 2.83. The Balaban J connectivity index is 1.93. The number of nitrogens with zero attached hydrogens (tertiary/aromatic N) is 3. The normalized spacial score (nSPS) is 10.6. The highest BCUT2D eigenvalue weighted by Gasteiger charge is 2.14. The second kappa shape index (κ2) is 6.49. The number of ketones is 1. The van der Waals surface area contributed by atoms with E-state index >= 15 is 0 Å². The first-order chi connectivity index (χ1) is 11.6. The van der Waals surface area contributed by atoms with Crippen LogP contribution >= 0.6 is 0 Å². The molecule has 7 heteroatoms. The van der Waals surface area contributed by atoms with Crippen LogP contribution in [-0.4, -0.2) is 35.0 Å². The van der Waals surface area contributed by atoms with Gasteiger partial charge in [0, 0.05) is 5.56 Å². The quantitative estimate of drug-likeness (QED) is 0.664. The number of hydrogen-bond acceptors (Lipinski definition) is 6. The summed E-state index contributed by atoms with van der Waals surface area (Å²) in [7, 11) is 3.01. The molecule has 1 heterocycles. The summed E-state index contributed by atoms with van der Waals surface area (Å²) < 4.78 is 11.4. The summed E-state index contributed by atoms with van der Waals surface area (Å²) >= 11 is 0. The zero-order chi connectivity index (χ0) is 17.1. The fourth-order valence-electron chi connectivity index (χ4n) is 2.36. The van der Waals surface area contributed by atoms with Gasteiger partial charge >= 0.3 is 0 Å². The van der Waals surface area contributed by atoms with Crippen molar-refractivity contribution in [1.29, 1.82) is 0 Å². The number of hydrogen-bond donors (Lipinski definition) is 0. The van der Waals surface area contributed by atoms with Gasteiger partial charge in [0.05, 0.1) is 19.6 Å². The summed E-state index contributed by atoms with van der Waals surface area (Å²) in [6.45, 7) is -0.202. The van der Waals surface area contributed by atoms with E-state index in [0.29, 0.717) is 28.0 Å². The topological polar surface area (TPSA) is 83.3 Å². The minimum Gasteiger partial charge on any atom is -0.493 e. The molecule has 0 aliphatic rings. The number of carbonyl (C=O) groups excluding carboxylic acids is 1. The Bertz CT molecular complexity index is 965. The van der Waals surface area contributed by atoms with Crippen LogP contribution in [0.15, 0.2) is 47.3 Å².